The summed E-state index contributed by atoms with van der Waals surface area (Å²) in [4.78, 5) is 13.4. The highest BCUT2D eigenvalue weighted by Crippen LogP contribution is 2.38. The van der Waals surface area contributed by atoms with Crippen molar-refractivity contribution in [2.75, 3.05) is 19.8 Å². The third-order valence-electron chi connectivity index (χ3n) is 4.01. The van der Waals surface area contributed by atoms with Crippen LogP contribution in [-0.2, 0) is 16.0 Å². The summed E-state index contributed by atoms with van der Waals surface area (Å²) in [6.45, 7) is 1.60. The summed E-state index contributed by atoms with van der Waals surface area (Å²) in [5.74, 6) is -0.787. The number of hydrogen-bond acceptors (Lipinski definition) is 3. The summed E-state index contributed by atoms with van der Waals surface area (Å²) in [6, 6.07) is 5.99. The summed E-state index contributed by atoms with van der Waals surface area (Å²) < 4.78 is 6.40. The molecule has 1 aliphatic heterocycles. The van der Waals surface area contributed by atoms with Crippen molar-refractivity contribution in [1.29, 1.82) is 0 Å². The molecule has 4 nitrogen and oxygen atoms in total. The van der Waals surface area contributed by atoms with Gasteiger partial charge in [-0.05, 0) is 36.1 Å². The van der Waals surface area contributed by atoms with Crippen LogP contribution in [0.1, 0.15) is 23.6 Å². The monoisotopic (exact) mass is 325 g/mol. The number of morpholine rings is 1. The van der Waals surface area contributed by atoms with Crippen molar-refractivity contribution in [3.8, 4) is 0 Å². The fraction of sp³-hybridized carbons (Fsp3) is 0.500. The van der Waals surface area contributed by atoms with Crippen LogP contribution in [0, 0.1) is 0 Å². The highest BCUT2D eigenvalue weighted by atomic mass is 79.9. The molecule has 1 saturated heterocycles. The number of carbonyl (C=O) groups is 1. The van der Waals surface area contributed by atoms with E-state index < -0.39 is 12.0 Å². The van der Waals surface area contributed by atoms with Crippen molar-refractivity contribution in [2.45, 2.75) is 24.9 Å². The lowest BCUT2D eigenvalue weighted by atomic mass is 10.0. The average molecular weight is 326 g/mol. The van der Waals surface area contributed by atoms with Gasteiger partial charge in [0.15, 0.2) is 0 Å². The number of fused-ring (bicyclic) bond motifs is 1. The van der Waals surface area contributed by atoms with Crippen molar-refractivity contribution in [1.82, 2.24) is 4.90 Å². The van der Waals surface area contributed by atoms with Crippen LogP contribution in [0.4, 0.5) is 0 Å². The summed E-state index contributed by atoms with van der Waals surface area (Å²) in [7, 11) is 0. The molecule has 0 bridgehead atoms. The first-order valence-electron chi connectivity index (χ1n) is 6.51. The second-order valence-electron chi connectivity index (χ2n) is 5.06. The Bertz CT molecular complexity index is 505. The molecule has 1 aromatic carbocycles. The minimum absolute atomic E-state index is 0.216. The van der Waals surface area contributed by atoms with Gasteiger partial charge in [-0.2, -0.15) is 0 Å². The van der Waals surface area contributed by atoms with Crippen LogP contribution in [0.3, 0.4) is 0 Å². The Labute approximate surface area is 120 Å². The van der Waals surface area contributed by atoms with E-state index in [4.69, 9.17) is 4.74 Å². The lowest BCUT2D eigenvalue weighted by Crippen LogP contribution is -2.50. The van der Waals surface area contributed by atoms with Crippen LogP contribution in [-0.4, -0.2) is 41.8 Å². The smallest absolute Gasteiger partial charge is 0.323 e. The second-order valence-corrected chi connectivity index (χ2v) is 5.98. The van der Waals surface area contributed by atoms with Crippen molar-refractivity contribution in [3.05, 3.63) is 33.8 Å². The first-order valence-corrected chi connectivity index (χ1v) is 7.31. The molecular formula is C14H16BrNO3. The zero-order valence-electron chi connectivity index (χ0n) is 10.5. The third kappa shape index (κ3) is 2.42. The van der Waals surface area contributed by atoms with Gasteiger partial charge in [0.25, 0.3) is 0 Å². The van der Waals surface area contributed by atoms with Gasteiger partial charge in [0.05, 0.1) is 13.2 Å². The van der Waals surface area contributed by atoms with Crippen molar-refractivity contribution in [2.24, 2.45) is 0 Å². The Balaban J connectivity index is 1.89. The van der Waals surface area contributed by atoms with E-state index in [2.05, 4.69) is 33.0 Å². The molecular weight excluding hydrogens is 310 g/mol. The van der Waals surface area contributed by atoms with Gasteiger partial charge in [-0.3, -0.25) is 9.69 Å². The highest BCUT2D eigenvalue weighted by molar-refractivity contribution is 9.10. The number of carboxylic acids is 1. The number of rotatable bonds is 2. The lowest BCUT2D eigenvalue weighted by Gasteiger charge is -2.37. The lowest BCUT2D eigenvalue weighted by molar-refractivity contribution is -0.151. The number of hydrogen-bond donors (Lipinski definition) is 1. The van der Waals surface area contributed by atoms with E-state index in [9.17, 15) is 9.90 Å². The molecule has 19 heavy (non-hydrogen) atoms. The second kappa shape index (κ2) is 5.23. The van der Waals surface area contributed by atoms with Gasteiger partial charge in [0.1, 0.15) is 6.04 Å². The van der Waals surface area contributed by atoms with Crippen molar-refractivity contribution in [3.63, 3.8) is 0 Å². The Morgan fingerprint density at radius 1 is 1.47 bits per heavy atom. The molecule has 1 fully saturated rings. The van der Waals surface area contributed by atoms with Gasteiger partial charge in [-0.25, -0.2) is 0 Å². The highest BCUT2D eigenvalue weighted by Gasteiger charge is 2.37. The molecule has 1 aliphatic carbocycles. The Morgan fingerprint density at radius 2 is 2.32 bits per heavy atom. The molecule has 1 aromatic rings. The maximum Gasteiger partial charge on any atom is 0.323 e. The van der Waals surface area contributed by atoms with Crippen LogP contribution in [0.25, 0.3) is 0 Å². The van der Waals surface area contributed by atoms with E-state index >= 15 is 0 Å². The number of aryl methyl sites for hydroxylation is 1. The van der Waals surface area contributed by atoms with Crippen LogP contribution in [0.2, 0.25) is 0 Å². The summed E-state index contributed by atoms with van der Waals surface area (Å²) in [5, 5.41) is 9.33. The quantitative estimate of drug-likeness (QED) is 0.905. The Hall–Kier alpha value is -0.910. The molecule has 102 valence electrons. The van der Waals surface area contributed by atoms with Crippen LogP contribution >= 0.6 is 15.9 Å². The number of benzene rings is 1. The molecule has 2 unspecified atom stereocenters. The van der Waals surface area contributed by atoms with Crippen molar-refractivity contribution < 1.29 is 14.6 Å². The third-order valence-corrected chi connectivity index (χ3v) is 4.50. The topological polar surface area (TPSA) is 49.8 Å². The molecule has 3 rings (SSSR count). The minimum Gasteiger partial charge on any atom is -0.480 e. The van der Waals surface area contributed by atoms with Crippen LogP contribution in [0.5, 0.6) is 0 Å². The molecule has 2 atom stereocenters. The summed E-state index contributed by atoms with van der Waals surface area (Å²) >= 11 is 3.49. The van der Waals surface area contributed by atoms with E-state index in [1.807, 2.05) is 6.07 Å². The van der Waals surface area contributed by atoms with E-state index in [0.29, 0.717) is 13.2 Å². The van der Waals surface area contributed by atoms with E-state index in [-0.39, 0.29) is 12.6 Å². The number of nitrogens with zero attached hydrogens (tertiary/aromatic N) is 1. The van der Waals surface area contributed by atoms with Gasteiger partial charge in [0, 0.05) is 17.1 Å². The minimum atomic E-state index is -0.787. The largest absolute Gasteiger partial charge is 0.480 e. The maximum atomic E-state index is 11.4. The average Bonchev–Trinajstić information content (AvgIpc) is 2.81. The Morgan fingerprint density at radius 3 is 3.11 bits per heavy atom. The van der Waals surface area contributed by atoms with Gasteiger partial charge in [0.2, 0.25) is 0 Å². The summed E-state index contributed by atoms with van der Waals surface area (Å²) in [5.41, 5.74) is 2.60. The van der Waals surface area contributed by atoms with Gasteiger partial charge in [-0.1, -0.05) is 22.0 Å². The fourth-order valence-corrected chi connectivity index (χ4v) is 3.52. The predicted octanol–water partition coefficient (Wildman–Crippen LogP) is 2.22. The zero-order chi connectivity index (χ0) is 13.4. The zero-order valence-corrected chi connectivity index (χ0v) is 12.1. The van der Waals surface area contributed by atoms with E-state index in [0.717, 1.165) is 17.3 Å². The van der Waals surface area contributed by atoms with Gasteiger partial charge in [-0.15, -0.1) is 0 Å². The van der Waals surface area contributed by atoms with E-state index in [1.165, 1.54) is 11.1 Å². The molecule has 2 aliphatic rings. The van der Waals surface area contributed by atoms with Gasteiger partial charge >= 0.3 is 5.97 Å². The first kappa shape index (κ1) is 13.1. The van der Waals surface area contributed by atoms with Gasteiger partial charge < -0.3 is 9.84 Å². The normalized spacial score (nSPS) is 27.2. The van der Waals surface area contributed by atoms with E-state index in [1.54, 1.807) is 0 Å². The fourth-order valence-electron chi connectivity index (χ4n) is 3.11. The number of ether oxygens (including phenoxy) is 1. The first-order chi connectivity index (χ1) is 9.16. The SMILES string of the molecule is O=C(O)C1COCCN1C1CCc2cc(Br)ccc21. The molecule has 0 aromatic heterocycles. The maximum absolute atomic E-state index is 11.4. The number of carboxylic acid groups (broad SMARTS) is 1. The van der Waals surface area contributed by atoms with Crippen molar-refractivity contribution >= 4 is 21.9 Å². The predicted molar refractivity (Wildman–Crippen MR) is 74.2 cm³/mol. The molecule has 1 N–H and O–H groups in total. The summed E-state index contributed by atoms with van der Waals surface area (Å²) in [6.07, 6.45) is 2.01. The molecule has 0 amide bonds. The standard InChI is InChI=1S/C14H16BrNO3/c15-10-2-3-11-9(7-10)1-4-12(11)16-5-6-19-8-13(16)14(17)18/h2-3,7,12-13H,1,4-6,8H2,(H,17,18). The Kier molecular flexibility index (Phi) is 3.60. The van der Waals surface area contributed by atoms with Crippen LogP contribution in [0.15, 0.2) is 22.7 Å². The molecule has 5 heteroatoms. The molecule has 0 saturated carbocycles. The molecule has 0 spiro atoms. The number of aliphatic carboxylic acids is 1. The van der Waals surface area contributed by atoms with Crippen LogP contribution < -0.4 is 0 Å². The molecule has 0 radical (unpaired) electrons. The number of halogens is 1. The molecule has 1 heterocycles.